The maximum absolute atomic E-state index is 12.1. The largest absolute Gasteiger partial charge is 0.490 e. The summed E-state index contributed by atoms with van der Waals surface area (Å²) in [5, 5.41) is 11.0. The van der Waals surface area contributed by atoms with E-state index in [-0.39, 0.29) is 18.5 Å². The molecule has 0 spiro atoms. The van der Waals surface area contributed by atoms with Crippen molar-refractivity contribution in [1.29, 1.82) is 0 Å². The van der Waals surface area contributed by atoms with Crippen molar-refractivity contribution in [3.05, 3.63) is 35.7 Å². The SMILES string of the molecule is CC1(C)COc2cc(NC(=O)Nc3cccs3)ccc2NC1=O. The summed E-state index contributed by atoms with van der Waals surface area (Å²) in [6, 6.07) is 8.49. The number of thiophene rings is 1. The second-order valence-corrected chi connectivity index (χ2v) is 6.84. The molecule has 120 valence electrons. The van der Waals surface area contributed by atoms with E-state index < -0.39 is 5.41 Å². The minimum Gasteiger partial charge on any atom is -0.490 e. The average Bonchev–Trinajstić information content (AvgIpc) is 2.96. The Morgan fingerprint density at radius 2 is 2.13 bits per heavy atom. The van der Waals surface area contributed by atoms with Gasteiger partial charge in [0.05, 0.1) is 16.1 Å². The van der Waals surface area contributed by atoms with Crippen LogP contribution in [0.4, 0.5) is 21.2 Å². The second-order valence-electron chi connectivity index (χ2n) is 5.89. The number of nitrogens with one attached hydrogen (secondary N) is 3. The predicted molar refractivity (Wildman–Crippen MR) is 91.3 cm³/mol. The molecule has 0 bridgehead atoms. The van der Waals surface area contributed by atoms with Crippen LogP contribution >= 0.6 is 11.3 Å². The number of benzene rings is 1. The number of ether oxygens (including phenoxy) is 1. The molecule has 1 aromatic heterocycles. The molecule has 0 radical (unpaired) electrons. The Kier molecular flexibility index (Phi) is 3.96. The number of rotatable bonds is 2. The Morgan fingerprint density at radius 1 is 1.30 bits per heavy atom. The van der Waals surface area contributed by atoms with Crippen LogP contribution in [-0.2, 0) is 4.79 Å². The van der Waals surface area contributed by atoms with Gasteiger partial charge >= 0.3 is 6.03 Å². The number of hydrogen-bond acceptors (Lipinski definition) is 4. The van der Waals surface area contributed by atoms with E-state index in [0.717, 1.165) is 5.00 Å². The van der Waals surface area contributed by atoms with Gasteiger partial charge < -0.3 is 15.4 Å². The zero-order valence-corrected chi connectivity index (χ0v) is 13.6. The Balaban J connectivity index is 1.73. The lowest BCUT2D eigenvalue weighted by Crippen LogP contribution is -2.33. The van der Waals surface area contributed by atoms with Gasteiger partial charge in [-0.15, -0.1) is 11.3 Å². The lowest BCUT2D eigenvalue weighted by molar-refractivity contribution is -0.124. The van der Waals surface area contributed by atoms with E-state index >= 15 is 0 Å². The summed E-state index contributed by atoms with van der Waals surface area (Å²) in [5.41, 5.74) is 0.583. The lowest BCUT2D eigenvalue weighted by atomic mass is 9.94. The molecule has 1 aliphatic heterocycles. The number of carbonyl (C=O) groups excluding carboxylic acids is 2. The first-order valence-electron chi connectivity index (χ1n) is 7.14. The molecule has 0 saturated carbocycles. The molecule has 0 saturated heterocycles. The molecule has 3 N–H and O–H groups in total. The highest BCUT2D eigenvalue weighted by molar-refractivity contribution is 7.14. The van der Waals surface area contributed by atoms with Crippen LogP contribution in [0.15, 0.2) is 35.7 Å². The van der Waals surface area contributed by atoms with Gasteiger partial charge in [-0.05, 0) is 43.5 Å². The molecule has 0 aliphatic carbocycles. The molecule has 0 atom stereocenters. The maximum atomic E-state index is 12.1. The first kappa shape index (κ1) is 15.4. The molecule has 1 aliphatic rings. The van der Waals surface area contributed by atoms with Crippen molar-refractivity contribution in [2.45, 2.75) is 13.8 Å². The summed E-state index contributed by atoms with van der Waals surface area (Å²) in [6.45, 7) is 3.92. The molecule has 6 nitrogen and oxygen atoms in total. The molecule has 2 aromatic rings. The number of urea groups is 1. The van der Waals surface area contributed by atoms with Crippen LogP contribution in [0.3, 0.4) is 0 Å². The third-order valence-corrected chi connectivity index (χ3v) is 4.23. The number of carbonyl (C=O) groups is 2. The summed E-state index contributed by atoms with van der Waals surface area (Å²) in [4.78, 5) is 24.0. The van der Waals surface area contributed by atoms with Crippen LogP contribution in [0.25, 0.3) is 0 Å². The zero-order chi connectivity index (χ0) is 16.4. The Bertz CT molecular complexity index is 741. The first-order chi connectivity index (χ1) is 10.9. The van der Waals surface area contributed by atoms with Crippen LogP contribution in [0.2, 0.25) is 0 Å². The molecule has 2 heterocycles. The lowest BCUT2D eigenvalue weighted by Gasteiger charge is -2.18. The summed E-state index contributed by atoms with van der Waals surface area (Å²) in [7, 11) is 0. The first-order valence-corrected chi connectivity index (χ1v) is 8.02. The van der Waals surface area contributed by atoms with Gasteiger partial charge in [-0.2, -0.15) is 0 Å². The van der Waals surface area contributed by atoms with Crippen LogP contribution in [0.5, 0.6) is 5.75 Å². The van der Waals surface area contributed by atoms with Crippen LogP contribution in [0.1, 0.15) is 13.8 Å². The van der Waals surface area contributed by atoms with Gasteiger partial charge in [0.25, 0.3) is 0 Å². The van der Waals surface area contributed by atoms with Crippen molar-refractivity contribution in [2.75, 3.05) is 22.6 Å². The van der Waals surface area contributed by atoms with Crippen LogP contribution in [-0.4, -0.2) is 18.5 Å². The van der Waals surface area contributed by atoms with E-state index in [9.17, 15) is 9.59 Å². The molecular weight excluding hydrogens is 314 g/mol. The van der Waals surface area contributed by atoms with E-state index in [2.05, 4.69) is 16.0 Å². The van der Waals surface area contributed by atoms with Crippen molar-refractivity contribution in [2.24, 2.45) is 5.41 Å². The van der Waals surface area contributed by atoms with E-state index in [0.29, 0.717) is 17.1 Å². The quantitative estimate of drug-likeness (QED) is 0.784. The maximum Gasteiger partial charge on any atom is 0.324 e. The van der Waals surface area contributed by atoms with Crippen molar-refractivity contribution < 1.29 is 14.3 Å². The molecule has 0 fully saturated rings. The molecule has 3 amide bonds. The van der Waals surface area contributed by atoms with Crippen molar-refractivity contribution in [1.82, 2.24) is 0 Å². The number of fused-ring (bicyclic) bond motifs is 1. The molecule has 3 rings (SSSR count). The van der Waals surface area contributed by atoms with Gasteiger partial charge in [0, 0.05) is 11.8 Å². The normalized spacial score (nSPS) is 15.7. The van der Waals surface area contributed by atoms with E-state index in [1.807, 2.05) is 31.4 Å². The molecule has 1 aromatic carbocycles. The smallest absolute Gasteiger partial charge is 0.324 e. The minimum atomic E-state index is -0.608. The number of anilines is 3. The highest BCUT2D eigenvalue weighted by atomic mass is 32.1. The number of amides is 3. The highest BCUT2D eigenvalue weighted by Gasteiger charge is 2.32. The third-order valence-electron chi connectivity index (χ3n) is 3.45. The Hall–Kier alpha value is -2.54. The second kappa shape index (κ2) is 5.92. The van der Waals surface area contributed by atoms with Crippen LogP contribution in [0, 0.1) is 5.41 Å². The summed E-state index contributed by atoms with van der Waals surface area (Å²) in [6.07, 6.45) is 0. The predicted octanol–water partition coefficient (Wildman–Crippen LogP) is 3.75. The van der Waals surface area contributed by atoms with Crippen molar-refractivity contribution >= 4 is 39.7 Å². The monoisotopic (exact) mass is 331 g/mol. The van der Waals surface area contributed by atoms with Crippen molar-refractivity contribution in [3.8, 4) is 5.75 Å². The van der Waals surface area contributed by atoms with Gasteiger partial charge in [-0.3, -0.25) is 10.1 Å². The van der Waals surface area contributed by atoms with Gasteiger partial charge in [0.1, 0.15) is 12.4 Å². The van der Waals surface area contributed by atoms with E-state index in [1.165, 1.54) is 11.3 Å². The van der Waals surface area contributed by atoms with Gasteiger partial charge in [0.2, 0.25) is 5.91 Å². The average molecular weight is 331 g/mol. The zero-order valence-electron chi connectivity index (χ0n) is 12.8. The topological polar surface area (TPSA) is 79.5 Å². The molecule has 7 heteroatoms. The summed E-state index contributed by atoms with van der Waals surface area (Å²) < 4.78 is 5.71. The molecular formula is C16H17N3O3S. The van der Waals surface area contributed by atoms with Crippen molar-refractivity contribution in [3.63, 3.8) is 0 Å². The fourth-order valence-corrected chi connectivity index (χ4v) is 2.67. The fraction of sp³-hybridized carbons (Fsp3) is 0.250. The standard InChI is InChI=1S/C16H17N3O3S/c1-16(2)9-22-12-8-10(5-6-11(12)18-14(16)20)17-15(21)19-13-4-3-7-23-13/h3-8H,9H2,1-2H3,(H,18,20)(H2,17,19,21). The Morgan fingerprint density at radius 3 is 2.87 bits per heavy atom. The minimum absolute atomic E-state index is 0.0904. The van der Waals surface area contributed by atoms with E-state index in [1.54, 1.807) is 18.2 Å². The highest BCUT2D eigenvalue weighted by Crippen LogP contribution is 2.34. The van der Waals surface area contributed by atoms with Gasteiger partial charge in [0.15, 0.2) is 0 Å². The Labute approximate surface area is 137 Å². The fourth-order valence-electron chi connectivity index (χ4n) is 2.06. The van der Waals surface area contributed by atoms with Gasteiger partial charge in [-0.1, -0.05) is 0 Å². The molecule has 23 heavy (non-hydrogen) atoms. The molecule has 0 unspecified atom stereocenters. The van der Waals surface area contributed by atoms with E-state index in [4.69, 9.17) is 4.74 Å². The van der Waals surface area contributed by atoms with Crippen LogP contribution < -0.4 is 20.7 Å². The third kappa shape index (κ3) is 3.45. The summed E-state index contributed by atoms with van der Waals surface area (Å²) >= 11 is 1.44. The van der Waals surface area contributed by atoms with Gasteiger partial charge in [-0.25, -0.2) is 4.79 Å². The summed E-state index contributed by atoms with van der Waals surface area (Å²) in [5.74, 6) is 0.449. The number of hydrogen-bond donors (Lipinski definition) is 3.